The van der Waals surface area contributed by atoms with Crippen LogP contribution in [0.1, 0.15) is 32.6 Å². The molecule has 0 fully saturated rings. The largest absolute Gasteiger partial charge is 0.480 e. The lowest BCUT2D eigenvalue weighted by atomic mass is 10.1. The second kappa shape index (κ2) is 14.9. The van der Waals surface area contributed by atoms with Gasteiger partial charge in [0.05, 0.1) is 6.04 Å². The number of carboxylic acids is 1. The Morgan fingerprint density at radius 2 is 1.44 bits per heavy atom. The van der Waals surface area contributed by atoms with Gasteiger partial charge in [-0.05, 0) is 26.2 Å². The summed E-state index contributed by atoms with van der Waals surface area (Å²) in [6, 6.07) is -4.53. The minimum absolute atomic E-state index is 0.123. The van der Waals surface area contributed by atoms with Gasteiger partial charge in [0.2, 0.25) is 23.6 Å². The van der Waals surface area contributed by atoms with E-state index in [0.29, 0.717) is 6.42 Å². The Kier molecular flexibility index (Phi) is 13.4. The number of amides is 4. The van der Waals surface area contributed by atoms with E-state index in [4.69, 9.17) is 22.9 Å². The zero-order valence-electron chi connectivity index (χ0n) is 17.7. The molecule has 0 aromatic carbocycles. The molecule has 4 unspecified atom stereocenters. The molecule has 0 aromatic rings. The summed E-state index contributed by atoms with van der Waals surface area (Å²) in [7, 11) is 0. The maximum atomic E-state index is 12.7. The second-order valence-corrected chi connectivity index (χ2v) is 7.31. The standard InChI is InChI=1S/C17H32N8O6S/c1-8(18)13(27)23-9(3-2-6-22-17(20)21)14(28)25-11(7-32)15(29)24-10(16(30)31)4-5-12(19)26/h8-11,32H,2-7,18H2,1H3,(H2,19,26)(H,23,27)(H,24,29)(H,25,28)(H,30,31)(H4,20,21,22). The first-order chi connectivity index (χ1) is 14.9. The van der Waals surface area contributed by atoms with Crippen LogP contribution in [0.3, 0.4) is 0 Å². The SMILES string of the molecule is CC(N)C(=O)NC(CCCN=C(N)N)C(=O)NC(CS)C(=O)NC(CCC(N)=O)C(=O)O. The molecule has 0 heterocycles. The molecule has 32 heavy (non-hydrogen) atoms. The average Bonchev–Trinajstić information content (AvgIpc) is 2.70. The second-order valence-electron chi connectivity index (χ2n) is 6.95. The van der Waals surface area contributed by atoms with E-state index in [1.165, 1.54) is 6.92 Å². The first-order valence-electron chi connectivity index (χ1n) is 9.73. The Morgan fingerprint density at radius 3 is 1.91 bits per heavy atom. The van der Waals surface area contributed by atoms with Crippen LogP contribution >= 0.6 is 12.6 Å². The third-order valence-corrected chi connectivity index (χ3v) is 4.47. The van der Waals surface area contributed by atoms with Crippen molar-refractivity contribution in [2.24, 2.45) is 27.9 Å². The molecule has 0 saturated heterocycles. The van der Waals surface area contributed by atoms with Gasteiger partial charge in [0.1, 0.15) is 18.1 Å². The minimum atomic E-state index is -1.39. The van der Waals surface area contributed by atoms with Crippen LogP contribution in [-0.2, 0) is 24.0 Å². The minimum Gasteiger partial charge on any atom is -0.480 e. The van der Waals surface area contributed by atoms with Gasteiger partial charge in [-0.25, -0.2) is 4.79 Å². The fourth-order valence-corrected chi connectivity index (χ4v) is 2.62. The fourth-order valence-electron chi connectivity index (χ4n) is 2.36. The Morgan fingerprint density at radius 1 is 0.906 bits per heavy atom. The highest BCUT2D eigenvalue weighted by molar-refractivity contribution is 7.80. The summed E-state index contributed by atoms with van der Waals surface area (Å²) in [5.41, 5.74) is 21.0. The van der Waals surface area contributed by atoms with Gasteiger partial charge in [0.25, 0.3) is 0 Å². The normalized spacial score (nSPS) is 14.2. The van der Waals surface area contributed by atoms with Crippen LogP contribution in [0.15, 0.2) is 4.99 Å². The molecule has 0 aliphatic heterocycles. The van der Waals surface area contributed by atoms with Crippen LogP contribution in [-0.4, -0.2) is 77.1 Å². The lowest BCUT2D eigenvalue weighted by Crippen LogP contribution is -2.57. The van der Waals surface area contributed by atoms with Crippen LogP contribution < -0.4 is 38.9 Å². The Bertz CT molecular complexity index is 713. The average molecular weight is 477 g/mol. The third kappa shape index (κ3) is 11.9. The molecule has 14 nitrogen and oxygen atoms in total. The van der Waals surface area contributed by atoms with E-state index in [-0.39, 0.29) is 37.5 Å². The number of primary amides is 1. The number of carboxylic acid groups (broad SMARTS) is 1. The Labute approximate surface area is 190 Å². The van der Waals surface area contributed by atoms with Crippen molar-refractivity contribution < 1.29 is 29.1 Å². The van der Waals surface area contributed by atoms with E-state index >= 15 is 0 Å². The van der Waals surface area contributed by atoms with E-state index in [2.05, 4.69) is 33.6 Å². The lowest BCUT2D eigenvalue weighted by molar-refractivity contribution is -0.142. The van der Waals surface area contributed by atoms with Crippen molar-refractivity contribution in [3.63, 3.8) is 0 Å². The number of hydrogen-bond acceptors (Lipinski definition) is 8. The number of carbonyl (C=O) groups is 5. The molecule has 0 saturated carbocycles. The molecule has 4 amide bonds. The lowest BCUT2D eigenvalue weighted by Gasteiger charge is -2.24. The third-order valence-electron chi connectivity index (χ3n) is 4.10. The monoisotopic (exact) mass is 476 g/mol. The number of nitrogens with two attached hydrogens (primary N) is 4. The Balaban J connectivity index is 5.20. The summed E-state index contributed by atoms with van der Waals surface area (Å²) in [6.07, 6.45) is -0.00264. The summed E-state index contributed by atoms with van der Waals surface area (Å²) in [6.45, 7) is 1.64. The van der Waals surface area contributed by atoms with E-state index in [0.717, 1.165) is 0 Å². The molecule has 182 valence electrons. The molecule has 0 spiro atoms. The molecular weight excluding hydrogens is 444 g/mol. The van der Waals surface area contributed by atoms with Gasteiger partial charge in [0, 0.05) is 18.7 Å². The van der Waals surface area contributed by atoms with Crippen molar-refractivity contribution in [3.05, 3.63) is 0 Å². The highest BCUT2D eigenvalue weighted by atomic mass is 32.1. The van der Waals surface area contributed by atoms with Crippen LogP contribution in [0.5, 0.6) is 0 Å². The number of carbonyl (C=O) groups excluding carboxylic acids is 4. The Hall–Kier alpha value is -3.07. The van der Waals surface area contributed by atoms with Crippen LogP contribution in [0.25, 0.3) is 0 Å². The first kappa shape index (κ1) is 28.9. The van der Waals surface area contributed by atoms with Gasteiger partial charge in [0.15, 0.2) is 5.96 Å². The topological polar surface area (TPSA) is 258 Å². The quantitative estimate of drug-likeness (QED) is 0.0483. The van der Waals surface area contributed by atoms with Gasteiger partial charge in [-0.15, -0.1) is 0 Å². The van der Waals surface area contributed by atoms with Gasteiger partial charge >= 0.3 is 5.97 Å². The van der Waals surface area contributed by atoms with Gasteiger partial charge < -0.3 is 44.0 Å². The summed E-state index contributed by atoms with van der Waals surface area (Å²) in [5.74, 6) is -4.51. The smallest absolute Gasteiger partial charge is 0.326 e. The highest BCUT2D eigenvalue weighted by Crippen LogP contribution is 2.03. The van der Waals surface area contributed by atoms with E-state index in [9.17, 15) is 29.1 Å². The summed E-state index contributed by atoms with van der Waals surface area (Å²) >= 11 is 4.02. The maximum Gasteiger partial charge on any atom is 0.326 e. The van der Waals surface area contributed by atoms with Crippen molar-refractivity contribution in [1.29, 1.82) is 0 Å². The number of nitrogens with zero attached hydrogens (tertiary/aromatic N) is 1. The van der Waals surface area contributed by atoms with Crippen LogP contribution in [0, 0.1) is 0 Å². The van der Waals surface area contributed by atoms with Gasteiger partial charge in [-0.2, -0.15) is 12.6 Å². The number of hydrogen-bond donors (Lipinski definition) is 9. The molecule has 0 radical (unpaired) electrons. The number of thiol groups is 1. The number of aliphatic imine (C=N–C) groups is 1. The van der Waals surface area contributed by atoms with Crippen molar-refractivity contribution in [2.45, 2.75) is 56.8 Å². The predicted octanol–water partition coefficient (Wildman–Crippen LogP) is -3.88. The number of nitrogens with one attached hydrogen (secondary N) is 3. The maximum absolute atomic E-state index is 12.7. The number of guanidine groups is 1. The number of rotatable bonds is 15. The van der Waals surface area contributed by atoms with E-state index < -0.39 is 53.8 Å². The molecule has 0 aromatic heterocycles. The van der Waals surface area contributed by atoms with Crippen LogP contribution in [0.2, 0.25) is 0 Å². The van der Waals surface area contributed by atoms with E-state index in [1.54, 1.807) is 0 Å². The van der Waals surface area contributed by atoms with Crippen molar-refractivity contribution in [1.82, 2.24) is 16.0 Å². The first-order valence-corrected chi connectivity index (χ1v) is 10.4. The summed E-state index contributed by atoms with van der Waals surface area (Å²) in [4.78, 5) is 63.1. The molecule has 0 aliphatic carbocycles. The van der Waals surface area contributed by atoms with Crippen molar-refractivity contribution in [3.8, 4) is 0 Å². The fraction of sp³-hybridized carbons (Fsp3) is 0.647. The predicted molar refractivity (Wildman–Crippen MR) is 119 cm³/mol. The summed E-state index contributed by atoms with van der Waals surface area (Å²) < 4.78 is 0. The highest BCUT2D eigenvalue weighted by Gasteiger charge is 2.29. The zero-order valence-corrected chi connectivity index (χ0v) is 18.6. The van der Waals surface area contributed by atoms with Crippen molar-refractivity contribution >= 4 is 48.2 Å². The molecule has 4 atom stereocenters. The van der Waals surface area contributed by atoms with E-state index in [1.807, 2.05) is 0 Å². The molecule has 0 bridgehead atoms. The van der Waals surface area contributed by atoms with Crippen LogP contribution in [0.4, 0.5) is 0 Å². The number of aliphatic carboxylic acids is 1. The molecule has 0 rings (SSSR count). The van der Waals surface area contributed by atoms with Gasteiger partial charge in [-0.1, -0.05) is 0 Å². The summed E-state index contributed by atoms with van der Waals surface area (Å²) in [5, 5.41) is 16.3. The van der Waals surface area contributed by atoms with Crippen molar-refractivity contribution in [2.75, 3.05) is 12.3 Å². The molecule has 12 N–H and O–H groups in total. The molecule has 0 aliphatic rings. The zero-order chi connectivity index (χ0) is 24.8. The molecule has 15 heteroatoms. The van der Waals surface area contributed by atoms with Gasteiger partial charge in [-0.3, -0.25) is 24.2 Å². The molecular formula is C17H32N8O6S.